The molecule has 0 fully saturated rings. The minimum atomic E-state index is -1.05. The number of methoxy groups -OCH3 is 1. The maximum atomic E-state index is 12.4. The van der Waals surface area contributed by atoms with Crippen LogP contribution in [-0.4, -0.2) is 35.9 Å². The van der Waals surface area contributed by atoms with E-state index < -0.39 is 12.0 Å². The van der Waals surface area contributed by atoms with Crippen molar-refractivity contribution in [3.8, 4) is 5.75 Å². The Morgan fingerprint density at radius 1 is 1.00 bits per heavy atom. The lowest BCUT2D eigenvalue weighted by Gasteiger charge is -2.18. The van der Waals surface area contributed by atoms with Gasteiger partial charge in [0.05, 0.1) is 19.6 Å². The SMILES string of the molecule is COc1ccc(C[C@@H](NC(=O)c2ccccc2)C(=O)CCC(=O)O)cc1. The first-order valence-corrected chi connectivity index (χ1v) is 8.23. The zero-order chi connectivity index (χ0) is 18.9. The molecule has 6 nitrogen and oxygen atoms in total. The van der Waals surface area contributed by atoms with Crippen LogP contribution >= 0.6 is 0 Å². The molecule has 26 heavy (non-hydrogen) atoms. The van der Waals surface area contributed by atoms with Gasteiger partial charge in [0, 0.05) is 12.0 Å². The minimum absolute atomic E-state index is 0.134. The van der Waals surface area contributed by atoms with E-state index in [1.54, 1.807) is 49.6 Å². The molecule has 0 aliphatic heterocycles. The fourth-order valence-corrected chi connectivity index (χ4v) is 2.48. The van der Waals surface area contributed by atoms with Crippen molar-refractivity contribution in [3.05, 3.63) is 65.7 Å². The van der Waals surface area contributed by atoms with Gasteiger partial charge in [-0.1, -0.05) is 30.3 Å². The van der Waals surface area contributed by atoms with Crippen LogP contribution < -0.4 is 10.1 Å². The number of ether oxygens (including phenoxy) is 1. The summed E-state index contributed by atoms with van der Waals surface area (Å²) in [5.41, 5.74) is 1.28. The number of carboxylic acids is 1. The normalized spacial score (nSPS) is 11.4. The van der Waals surface area contributed by atoms with Crippen LogP contribution in [0.3, 0.4) is 0 Å². The van der Waals surface area contributed by atoms with Crippen molar-refractivity contribution in [3.63, 3.8) is 0 Å². The van der Waals surface area contributed by atoms with Crippen LogP contribution in [0.5, 0.6) is 5.75 Å². The molecule has 0 saturated heterocycles. The molecular weight excluding hydrogens is 334 g/mol. The van der Waals surface area contributed by atoms with E-state index in [0.29, 0.717) is 11.3 Å². The van der Waals surface area contributed by atoms with Crippen molar-refractivity contribution in [1.29, 1.82) is 0 Å². The summed E-state index contributed by atoms with van der Waals surface area (Å²) >= 11 is 0. The summed E-state index contributed by atoms with van der Waals surface area (Å²) in [7, 11) is 1.56. The van der Waals surface area contributed by atoms with Crippen molar-refractivity contribution in [2.75, 3.05) is 7.11 Å². The van der Waals surface area contributed by atoms with Crippen molar-refractivity contribution >= 4 is 17.7 Å². The third-order valence-electron chi connectivity index (χ3n) is 3.91. The molecule has 136 valence electrons. The van der Waals surface area contributed by atoms with Gasteiger partial charge in [-0.25, -0.2) is 0 Å². The first-order valence-electron chi connectivity index (χ1n) is 8.23. The molecule has 1 atom stereocenters. The summed E-state index contributed by atoms with van der Waals surface area (Å²) in [6.45, 7) is 0. The number of benzene rings is 2. The van der Waals surface area contributed by atoms with E-state index >= 15 is 0 Å². The summed E-state index contributed by atoms with van der Waals surface area (Å²) in [6.07, 6.45) is -0.120. The van der Waals surface area contributed by atoms with Gasteiger partial charge in [0.2, 0.25) is 0 Å². The maximum Gasteiger partial charge on any atom is 0.303 e. The summed E-state index contributed by atoms with van der Waals surface area (Å²) in [5, 5.41) is 11.5. The predicted molar refractivity (Wildman–Crippen MR) is 96.3 cm³/mol. The van der Waals surface area contributed by atoms with Gasteiger partial charge in [0.25, 0.3) is 5.91 Å². The molecule has 2 N–H and O–H groups in total. The van der Waals surface area contributed by atoms with Crippen molar-refractivity contribution in [2.24, 2.45) is 0 Å². The van der Waals surface area contributed by atoms with Gasteiger partial charge in [-0.15, -0.1) is 0 Å². The van der Waals surface area contributed by atoms with Gasteiger partial charge in [-0.2, -0.15) is 0 Å². The fraction of sp³-hybridized carbons (Fsp3) is 0.250. The van der Waals surface area contributed by atoms with Gasteiger partial charge in [0.15, 0.2) is 5.78 Å². The molecule has 0 unspecified atom stereocenters. The molecule has 2 aromatic carbocycles. The van der Waals surface area contributed by atoms with Crippen LogP contribution in [0.15, 0.2) is 54.6 Å². The fourth-order valence-electron chi connectivity index (χ4n) is 2.48. The van der Waals surface area contributed by atoms with E-state index in [0.717, 1.165) is 5.56 Å². The number of hydrogen-bond donors (Lipinski definition) is 2. The van der Waals surface area contributed by atoms with Gasteiger partial charge >= 0.3 is 5.97 Å². The Hall–Kier alpha value is -3.15. The zero-order valence-corrected chi connectivity index (χ0v) is 14.5. The largest absolute Gasteiger partial charge is 0.497 e. The Labute approximate surface area is 151 Å². The van der Waals surface area contributed by atoms with Gasteiger partial charge in [0.1, 0.15) is 5.75 Å². The van der Waals surface area contributed by atoms with Crippen molar-refractivity contribution in [1.82, 2.24) is 5.32 Å². The Kier molecular flexibility index (Phi) is 6.91. The third-order valence-corrected chi connectivity index (χ3v) is 3.91. The molecule has 0 saturated carbocycles. The number of Topliss-reactive ketones (excluding diaryl/α,β-unsaturated/α-hetero) is 1. The number of hydrogen-bond acceptors (Lipinski definition) is 4. The minimum Gasteiger partial charge on any atom is -0.497 e. The number of carbonyl (C=O) groups excluding carboxylic acids is 2. The number of amides is 1. The van der Waals surface area contributed by atoms with E-state index in [4.69, 9.17) is 9.84 Å². The molecule has 6 heteroatoms. The average Bonchev–Trinajstić information content (AvgIpc) is 2.66. The van der Waals surface area contributed by atoms with Crippen LogP contribution in [0.2, 0.25) is 0 Å². The van der Waals surface area contributed by atoms with Crippen LogP contribution in [-0.2, 0) is 16.0 Å². The number of rotatable bonds is 9. The third kappa shape index (κ3) is 5.73. The quantitative estimate of drug-likeness (QED) is 0.721. The van der Waals surface area contributed by atoms with Crippen molar-refractivity contribution in [2.45, 2.75) is 25.3 Å². The lowest BCUT2D eigenvalue weighted by molar-refractivity contribution is -0.138. The number of nitrogens with one attached hydrogen (secondary N) is 1. The summed E-state index contributed by atoms with van der Waals surface area (Å²) in [5.74, 6) is -1.04. The molecule has 2 aromatic rings. The predicted octanol–water partition coefficient (Wildman–Crippen LogP) is 2.47. The highest BCUT2D eigenvalue weighted by Crippen LogP contribution is 2.14. The Bertz CT molecular complexity index is 756. The number of ketones is 1. The lowest BCUT2D eigenvalue weighted by atomic mass is 9.99. The Morgan fingerprint density at radius 3 is 2.23 bits per heavy atom. The highest BCUT2D eigenvalue weighted by Gasteiger charge is 2.22. The molecule has 1 amide bonds. The van der Waals surface area contributed by atoms with E-state index in [1.807, 2.05) is 12.1 Å². The summed E-state index contributed by atoms with van der Waals surface area (Å²) in [4.78, 5) is 35.6. The molecule has 0 bridgehead atoms. The van der Waals surface area contributed by atoms with E-state index in [-0.39, 0.29) is 31.0 Å². The molecule has 0 aromatic heterocycles. The molecule has 0 radical (unpaired) electrons. The van der Waals surface area contributed by atoms with E-state index in [1.165, 1.54) is 0 Å². The van der Waals surface area contributed by atoms with Crippen LogP contribution in [0, 0.1) is 0 Å². The van der Waals surface area contributed by atoms with Crippen molar-refractivity contribution < 1.29 is 24.2 Å². The van der Waals surface area contributed by atoms with Crippen LogP contribution in [0.4, 0.5) is 0 Å². The molecule has 2 rings (SSSR count). The highest BCUT2D eigenvalue weighted by atomic mass is 16.5. The highest BCUT2D eigenvalue weighted by molar-refractivity contribution is 5.98. The number of carbonyl (C=O) groups is 3. The average molecular weight is 355 g/mol. The monoisotopic (exact) mass is 355 g/mol. The lowest BCUT2D eigenvalue weighted by Crippen LogP contribution is -2.42. The Morgan fingerprint density at radius 2 is 1.65 bits per heavy atom. The maximum absolute atomic E-state index is 12.4. The molecule has 0 aliphatic carbocycles. The molecule has 0 spiro atoms. The first kappa shape index (κ1) is 19.2. The number of carboxylic acid groups (broad SMARTS) is 1. The molecule has 0 heterocycles. The van der Waals surface area contributed by atoms with Gasteiger partial charge < -0.3 is 15.2 Å². The second-order valence-corrected chi connectivity index (χ2v) is 5.80. The standard InChI is InChI=1S/C20H21NO5/c1-26-16-9-7-14(8-10-16)13-17(18(22)11-12-19(23)24)21-20(25)15-5-3-2-4-6-15/h2-10,17H,11-13H2,1H3,(H,21,25)(H,23,24)/t17-/m1/s1. The van der Waals surface area contributed by atoms with Crippen LogP contribution in [0.1, 0.15) is 28.8 Å². The number of aliphatic carboxylic acids is 1. The summed E-state index contributed by atoms with van der Waals surface area (Å²) in [6, 6.07) is 14.9. The van der Waals surface area contributed by atoms with Gasteiger partial charge in [-0.3, -0.25) is 14.4 Å². The molecule has 0 aliphatic rings. The van der Waals surface area contributed by atoms with E-state index in [2.05, 4.69) is 5.32 Å². The Balaban J connectivity index is 2.13. The van der Waals surface area contributed by atoms with E-state index in [9.17, 15) is 14.4 Å². The first-order chi connectivity index (χ1) is 12.5. The van der Waals surface area contributed by atoms with Crippen LogP contribution in [0.25, 0.3) is 0 Å². The second kappa shape index (κ2) is 9.36. The zero-order valence-electron chi connectivity index (χ0n) is 14.5. The summed E-state index contributed by atoms with van der Waals surface area (Å²) < 4.78 is 5.11. The smallest absolute Gasteiger partial charge is 0.303 e. The molecular formula is C20H21NO5. The topological polar surface area (TPSA) is 92.7 Å². The second-order valence-electron chi connectivity index (χ2n) is 5.80. The van der Waals surface area contributed by atoms with Gasteiger partial charge in [-0.05, 0) is 36.2 Å².